The molecule has 0 fully saturated rings. The van der Waals surface area contributed by atoms with Crippen LogP contribution in [-0.2, 0) is 0 Å². The van der Waals surface area contributed by atoms with Crippen molar-refractivity contribution >= 4 is 18.1 Å². The van der Waals surface area contributed by atoms with Crippen LogP contribution in [-0.4, -0.2) is 38.9 Å². The van der Waals surface area contributed by atoms with Gasteiger partial charge in [-0.15, -0.1) is 0 Å². The van der Waals surface area contributed by atoms with Crippen molar-refractivity contribution in [1.29, 1.82) is 0 Å². The highest BCUT2D eigenvalue weighted by atomic mass is 16.6. The molecule has 0 aliphatic carbocycles. The number of hydrogen-bond acceptors (Lipinski definition) is 7. The monoisotopic (exact) mass is 462 g/mol. The molecular formula is C26H26N2O6. The van der Waals surface area contributed by atoms with E-state index in [1.165, 1.54) is 20.4 Å². The molecule has 0 heterocycles. The molecule has 0 saturated heterocycles. The summed E-state index contributed by atoms with van der Waals surface area (Å²) in [4.78, 5) is 24.9. The van der Waals surface area contributed by atoms with Crippen LogP contribution in [0.4, 0.5) is 0 Å². The molecule has 0 saturated carbocycles. The Balaban J connectivity index is 1.72. The average Bonchev–Trinajstić information content (AvgIpc) is 2.85. The number of methoxy groups -OCH3 is 2. The van der Waals surface area contributed by atoms with Gasteiger partial charge in [-0.2, -0.15) is 5.10 Å². The number of hydrogen-bond donors (Lipinski definition) is 1. The number of carbonyl (C=O) groups is 2. The van der Waals surface area contributed by atoms with E-state index >= 15 is 0 Å². The zero-order chi connectivity index (χ0) is 24.5. The van der Waals surface area contributed by atoms with E-state index in [2.05, 4.69) is 10.5 Å². The molecule has 34 heavy (non-hydrogen) atoms. The number of nitrogens with zero attached hydrogens (tertiary/aromatic N) is 1. The minimum atomic E-state index is -0.575. The first-order valence-corrected chi connectivity index (χ1v) is 10.6. The zero-order valence-corrected chi connectivity index (χ0v) is 19.5. The minimum absolute atomic E-state index is 0.252. The van der Waals surface area contributed by atoms with Gasteiger partial charge in [0.05, 0.1) is 32.6 Å². The summed E-state index contributed by atoms with van der Waals surface area (Å²) in [6.45, 7) is 4.14. The second-order valence-corrected chi connectivity index (χ2v) is 7.16. The lowest BCUT2D eigenvalue weighted by Gasteiger charge is -2.12. The number of benzene rings is 3. The standard InChI is InChI=1S/C26H26N2O6/c1-5-33-24-14-18(16-27-28-25(29)19-9-6-17(2)7-10-19)8-12-22(24)34-26(30)20-11-13-21(31-3)23(15-20)32-4/h6-16H,5H2,1-4H3,(H,28,29)/b27-16+. The third kappa shape index (κ3) is 6.13. The zero-order valence-electron chi connectivity index (χ0n) is 19.5. The number of rotatable bonds is 9. The van der Waals surface area contributed by atoms with E-state index in [0.717, 1.165) is 5.56 Å². The Bertz CT molecular complexity index is 1190. The van der Waals surface area contributed by atoms with Gasteiger partial charge in [0.1, 0.15) is 0 Å². The Morgan fingerprint density at radius 2 is 1.53 bits per heavy atom. The van der Waals surface area contributed by atoms with Gasteiger partial charge in [-0.25, -0.2) is 10.2 Å². The molecular weight excluding hydrogens is 436 g/mol. The molecule has 0 aliphatic heterocycles. The molecule has 0 aromatic heterocycles. The van der Waals surface area contributed by atoms with E-state index in [4.69, 9.17) is 18.9 Å². The van der Waals surface area contributed by atoms with E-state index < -0.39 is 5.97 Å². The van der Waals surface area contributed by atoms with Gasteiger partial charge in [0.15, 0.2) is 23.0 Å². The number of ether oxygens (including phenoxy) is 4. The Hall–Kier alpha value is -4.33. The smallest absolute Gasteiger partial charge is 0.343 e. The van der Waals surface area contributed by atoms with Gasteiger partial charge < -0.3 is 18.9 Å². The molecule has 176 valence electrons. The van der Waals surface area contributed by atoms with Crippen LogP contribution in [0.1, 0.15) is 38.8 Å². The van der Waals surface area contributed by atoms with Gasteiger partial charge >= 0.3 is 5.97 Å². The van der Waals surface area contributed by atoms with Crippen molar-refractivity contribution in [2.45, 2.75) is 13.8 Å². The number of esters is 1. The minimum Gasteiger partial charge on any atom is -0.493 e. The summed E-state index contributed by atoms with van der Waals surface area (Å²) in [5.74, 6) is 0.649. The quantitative estimate of drug-likeness (QED) is 0.219. The lowest BCUT2D eigenvalue weighted by molar-refractivity contribution is 0.0727. The fourth-order valence-corrected chi connectivity index (χ4v) is 3.01. The van der Waals surface area contributed by atoms with Crippen LogP contribution < -0.4 is 24.4 Å². The first-order valence-electron chi connectivity index (χ1n) is 10.6. The molecule has 8 nitrogen and oxygen atoms in total. The number of nitrogens with one attached hydrogen (secondary N) is 1. The van der Waals surface area contributed by atoms with E-state index in [1.807, 2.05) is 26.0 Å². The van der Waals surface area contributed by atoms with Crippen molar-refractivity contribution in [3.05, 3.63) is 82.9 Å². The van der Waals surface area contributed by atoms with Crippen molar-refractivity contribution in [3.63, 3.8) is 0 Å². The molecule has 8 heteroatoms. The van der Waals surface area contributed by atoms with Crippen LogP contribution in [0.25, 0.3) is 0 Å². The van der Waals surface area contributed by atoms with E-state index in [1.54, 1.807) is 48.5 Å². The van der Waals surface area contributed by atoms with Crippen LogP contribution in [0.2, 0.25) is 0 Å². The summed E-state index contributed by atoms with van der Waals surface area (Å²) < 4.78 is 21.6. The van der Waals surface area contributed by atoms with Gasteiger partial charge in [-0.3, -0.25) is 4.79 Å². The lowest BCUT2D eigenvalue weighted by atomic mass is 10.1. The number of carbonyl (C=O) groups excluding carboxylic acids is 2. The van der Waals surface area contributed by atoms with Crippen molar-refractivity contribution in [3.8, 4) is 23.0 Å². The Labute approximate surface area is 198 Å². The topological polar surface area (TPSA) is 95.5 Å². The fourth-order valence-electron chi connectivity index (χ4n) is 3.01. The maximum atomic E-state index is 12.7. The van der Waals surface area contributed by atoms with Crippen LogP contribution >= 0.6 is 0 Å². The summed E-state index contributed by atoms with van der Waals surface area (Å²) in [6, 6.07) is 16.9. The molecule has 0 bridgehead atoms. The molecule has 0 unspecified atom stereocenters. The molecule has 3 rings (SSSR count). The molecule has 1 N–H and O–H groups in total. The normalized spacial score (nSPS) is 10.6. The number of amides is 1. The van der Waals surface area contributed by atoms with E-state index in [9.17, 15) is 9.59 Å². The fraction of sp³-hybridized carbons (Fsp3) is 0.192. The van der Waals surface area contributed by atoms with Gasteiger partial charge in [-0.05, 0) is 67.9 Å². The van der Waals surface area contributed by atoms with E-state index in [0.29, 0.717) is 40.5 Å². The van der Waals surface area contributed by atoms with Crippen LogP contribution in [0.15, 0.2) is 65.8 Å². The third-order valence-corrected chi connectivity index (χ3v) is 4.78. The van der Waals surface area contributed by atoms with Crippen molar-refractivity contribution in [2.75, 3.05) is 20.8 Å². The largest absolute Gasteiger partial charge is 0.493 e. The highest BCUT2D eigenvalue weighted by Gasteiger charge is 2.16. The van der Waals surface area contributed by atoms with Crippen LogP contribution in [0.5, 0.6) is 23.0 Å². The molecule has 0 radical (unpaired) electrons. The van der Waals surface area contributed by atoms with Crippen molar-refractivity contribution < 1.29 is 28.5 Å². The Morgan fingerprint density at radius 1 is 0.853 bits per heavy atom. The predicted molar refractivity (Wildman–Crippen MR) is 128 cm³/mol. The second-order valence-electron chi connectivity index (χ2n) is 7.16. The predicted octanol–water partition coefficient (Wildman–Crippen LogP) is 4.39. The molecule has 0 spiro atoms. The summed E-state index contributed by atoms with van der Waals surface area (Å²) in [6.07, 6.45) is 1.48. The number of aryl methyl sites for hydroxylation is 1. The summed E-state index contributed by atoms with van der Waals surface area (Å²) >= 11 is 0. The molecule has 0 atom stereocenters. The van der Waals surface area contributed by atoms with Gasteiger partial charge in [0.25, 0.3) is 5.91 Å². The maximum Gasteiger partial charge on any atom is 0.343 e. The van der Waals surface area contributed by atoms with Gasteiger partial charge in [0.2, 0.25) is 0 Å². The Kier molecular flexibility index (Phi) is 8.23. The van der Waals surface area contributed by atoms with Gasteiger partial charge in [0, 0.05) is 5.56 Å². The molecule has 3 aromatic carbocycles. The van der Waals surface area contributed by atoms with Crippen molar-refractivity contribution in [1.82, 2.24) is 5.43 Å². The van der Waals surface area contributed by atoms with Crippen LogP contribution in [0.3, 0.4) is 0 Å². The van der Waals surface area contributed by atoms with E-state index in [-0.39, 0.29) is 11.7 Å². The Morgan fingerprint density at radius 3 is 2.21 bits per heavy atom. The van der Waals surface area contributed by atoms with Crippen molar-refractivity contribution in [2.24, 2.45) is 5.10 Å². The molecule has 3 aromatic rings. The third-order valence-electron chi connectivity index (χ3n) is 4.78. The molecule has 1 amide bonds. The maximum absolute atomic E-state index is 12.7. The van der Waals surface area contributed by atoms with Gasteiger partial charge in [-0.1, -0.05) is 17.7 Å². The first-order chi connectivity index (χ1) is 16.4. The summed E-state index contributed by atoms with van der Waals surface area (Å²) in [5.41, 5.74) is 5.01. The first kappa shape index (κ1) is 24.3. The number of hydrazone groups is 1. The summed E-state index contributed by atoms with van der Waals surface area (Å²) in [5, 5.41) is 4.00. The SMILES string of the molecule is CCOc1cc(/C=N/NC(=O)c2ccc(C)cc2)ccc1OC(=O)c1ccc(OC)c(OC)c1. The second kappa shape index (κ2) is 11.5. The average molecular weight is 463 g/mol. The highest BCUT2D eigenvalue weighted by molar-refractivity contribution is 5.95. The molecule has 0 aliphatic rings. The van der Waals surface area contributed by atoms with Crippen LogP contribution in [0, 0.1) is 6.92 Å². The summed E-state index contributed by atoms with van der Waals surface area (Å²) in [7, 11) is 3.01. The lowest BCUT2D eigenvalue weighted by Crippen LogP contribution is -2.17. The highest BCUT2D eigenvalue weighted by Crippen LogP contribution is 2.31.